The quantitative estimate of drug-likeness (QED) is 0.745. The van der Waals surface area contributed by atoms with Crippen molar-refractivity contribution in [2.75, 3.05) is 5.32 Å². The van der Waals surface area contributed by atoms with E-state index in [1.54, 1.807) is 12.3 Å². The molecule has 0 atom stereocenters. The number of nitrogens with zero attached hydrogens (tertiary/aromatic N) is 2. The minimum absolute atomic E-state index is 0.346. The number of anilines is 1. The minimum Gasteiger partial charge on any atom is -0.389 e. The third-order valence-electron chi connectivity index (χ3n) is 2.31. The highest BCUT2D eigenvalue weighted by molar-refractivity contribution is 7.80. The van der Waals surface area contributed by atoms with Gasteiger partial charge in [-0.15, -0.1) is 5.10 Å². The van der Waals surface area contributed by atoms with Crippen LogP contribution in [0.5, 0.6) is 0 Å². The molecule has 0 saturated heterocycles. The monoisotopic (exact) mass is 224 g/mol. The second-order valence-corrected chi connectivity index (χ2v) is 3.76. The standard InChI is InChI=1S/C10H16N4S/c1-3-7(4-2)13-10-8(9(11)15)5-6-12-14-10/h5-7H,3-4H2,1-2H3,(H2,11,15)(H,13,14). The molecule has 0 fully saturated rings. The van der Waals surface area contributed by atoms with E-state index in [4.69, 9.17) is 18.0 Å². The van der Waals surface area contributed by atoms with Crippen LogP contribution in [-0.4, -0.2) is 21.2 Å². The summed E-state index contributed by atoms with van der Waals surface area (Å²) in [4.78, 5) is 0.346. The molecular formula is C10H16N4S. The number of hydrogen-bond donors (Lipinski definition) is 2. The van der Waals surface area contributed by atoms with E-state index in [-0.39, 0.29) is 0 Å². The van der Waals surface area contributed by atoms with E-state index in [0.29, 0.717) is 16.8 Å². The van der Waals surface area contributed by atoms with Gasteiger partial charge in [-0.2, -0.15) is 5.10 Å². The molecule has 0 aromatic carbocycles. The average Bonchev–Trinajstić information content (AvgIpc) is 2.26. The molecule has 0 radical (unpaired) electrons. The van der Waals surface area contributed by atoms with Crippen molar-refractivity contribution in [1.82, 2.24) is 10.2 Å². The Hall–Kier alpha value is -1.23. The Labute approximate surface area is 95.3 Å². The van der Waals surface area contributed by atoms with Crippen LogP contribution in [-0.2, 0) is 0 Å². The van der Waals surface area contributed by atoms with E-state index in [1.807, 2.05) is 0 Å². The van der Waals surface area contributed by atoms with Crippen molar-refractivity contribution in [3.8, 4) is 0 Å². The number of thiocarbonyl (C=S) groups is 1. The second-order valence-electron chi connectivity index (χ2n) is 3.32. The molecule has 0 aliphatic heterocycles. The van der Waals surface area contributed by atoms with Crippen LogP contribution in [0.15, 0.2) is 12.3 Å². The van der Waals surface area contributed by atoms with Crippen molar-refractivity contribution >= 4 is 23.0 Å². The lowest BCUT2D eigenvalue weighted by Gasteiger charge is -2.16. The summed E-state index contributed by atoms with van der Waals surface area (Å²) in [5, 5.41) is 11.1. The molecule has 0 aliphatic carbocycles. The summed E-state index contributed by atoms with van der Waals surface area (Å²) >= 11 is 4.94. The van der Waals surface area contributed by atoms with E-state index < -0.39 is 0 Å². The van der Waals surface area contributed by atoms with Crippen molar-refractivity contribution in [3.63, 3.8) is 0 Å². The molecule has 82 valence electrons. The van der Waals surface area contributed by atoms with Crippen LogP contribution < -0.4 is 11.1 Å². The number of hydrogen-bond acceptors (Lipinski definition) is 4. The first kappa shape index (κ1) is 11.8. The van der Waals surface area contributed by atoms with Crippen LogP contribution in [0.2, 0.25) is 0 Å². The van der Waals surface area contributed by atoms with Crippen LogP contribution in [0.3, 0.4) is 0 Å². The molecule has 3 N–H and O–H groups in total. The summed E-state index contributed by atoms with van der Waals surface area (Å²) in [6.45, 7) is 4.25. The third kappa shape index (κ3) is 3.13. The van der Waals surface area contributed by atoms with Crippen LogP contribution >= 0.6 is 12.2 Å². The summed E-state index contributed by atoms with van der Waals surface area (Å²) in [5.41, 5.74) is 6.35. The molecule has 0 bridgehead atoms. The second kappa shape index (κ2) is 5.60. The van der Waals surface area contributed by atoms with Gasteiger partial charge in [-0.05, 0) is 18.9 Å². The van der Waals surface area contributed by atoms with Crippen molar-refractivity contribution in [2.24, 2.45) is 5.73 Å². The fraction of sp³-hybridized carbons (Fsp3) is 0.500. The predicted octanol–water partition coefficient (Wildman–Crippen LogP) is 1.71. The van der Waals surface area contributed by atoms with Gasteiger partial charge in [0.05, 0.1) is 11.8 Å². The minimum atomic E-state index is 0.346. The summed E-state index contributed by atoms with van der Waals surface area (Å²) < 4.78 is 0. The Morgan fingerprint density at radius 2 is 2.20 bits per heavy atom. The fourth-order valence-electron chi connectivity index (χ4n) is 1.32. The Balaban J connectivity index is 2.88. The average molecular weight is 224 g/mol. The van der Waals surface area contributed by atoms with E-state index in [0.717, 1.165) is 18.4 Å². The number of nitrogens with two attached hydrogens (primary N) is 1. The number of aromatic nitrogens is 2. The molecule has 5 heteroatoms. The van der Waals surface area contributed by atoms with Gasteiger partial charge in [0.25, 0.3) is 0 Å². The molecule has 0 saturated carbocycles. The zero-order chi connectivity index (χ0) is 11.3. The maximum Gasteiger partial charge on any atom is 0.159 e. The molecule has 0 unspecified atom stereocenters. The molecule has 4 nitrogen and oxygen atoms in total. The molecule has 0 spiro atoms. The topological polar surface area (TPSA) is 63.8 Å². The molecule has 15 heavy (non-hydrogen) atoms. The predicted molar refractivity (Wildman–Crippen MR) is 65.9 cm³/mol. The summed E-state index contributed by atoms with van der Waals surface area (Å²) in [5.74, 6) is 0.679. The van der Waals surface area contributed by atoms with Crippen molar-refractivity contribution in [2.45, 2.75) is 32.7 Å². The third-order valence-corrected chi connectivity index (χ3v) is 2.53. The Bertz CT molecular complexity index is 336. The molecule has 1 aromatic heterocycles. The van der Waals surface area contributed by atoms with Gasteiger partial charge in [-0.25, -0.2) is 0 Å². The van der Waals surface area contributed by atoms with Crippen molar-refractivity contribution in [1.29, 1.82) is 0 Å². The molecule has 1 heterocycles. The lowest BCUT2D eigenvalue weighted by atomic mass is 10.1. The van der Waals surface area contributed by atoms with Crippen LogP contribution in [0.4, 0.5) is 5.82 Å². The first-order valence-corrected chi connectivity index (χ1v) is 5.47. The van der Waals surface area contributed by atoms with E-state index in [1.165, 1.54) is 0 Å². The van der Waals surface area contributed by atoms with E-state index in [2.05, 4.69) is 29.4 Å². The summed E-state index contributed by atoms with van der Waals surface area (Å²) in [7, 11) is 0. The van der Waals surface area contributed by atoms with Gasteiger partial charge < -0.3 is 11.1 Å². The summed E-state index contributed by atoms with van der Waals surface area (Å²) in [6, 6.07) is 2.16. The highest BCUT2D eigenvalue weighted by Gasteiger charge is 2.10. The molecule has 1 aromatic rings. The first-order chi connectivity index (χ1) is 7.19. The zero-order valence-electron chi connectivity index (χ0n) is 9.03. The van der Waals surface area contributed by atoms with Crippen LogP contribution in [0.1, 0.15) is 32.3 Å². The van der Waals surface area contributed by atoms with Crippen LogP contribution in [0.25, 0.3) is 0 Å². The van der Waals surface area contributed by atoms with Gasteiger partial charge in [0, 0.05) is 6.04 Å². The normalized spacial score (nSPS) is 10.3. The van der Waals surface area contributed by atoms with Gasteiger partial charge >= 0.3 is 0 Å². The first-order valence-electron chi connectivity index (χ1n) is 5.07. The van der Waals surface area contributed by atoms with Gasteiger partial charge in [0.2, 0.25) is 0 Å². The van der Waals surface area contributed by atoms with Crippen LogP contribution in [0, 0.1) is 0 Å². The van der Waals surface area contributed by atoms with Gasteiger partial charge in [0.15, 0.2) is 5.82 Å². The maximum atomic E-state index is 5.60. The van der Waals surface area contributed by atoms with E-state index >= 15 is 0 Å². The summed E-state index contributed by atoms with van der Waals surface area (Å²) in [6.07, 6.45) is 3.65. The largest absolute Gasteiger partial charge is 0.389 e. The number of rotatable bonds is 5. The zero-order valence-corrected chi connectivity index (χ0v) is 9.84. The van der Waals surface area contributed by atoms with Gasteiger partial charge in [-0.3, -0.25) is 0 Å². The Morgan fingerprint density at radius 1 is 1.53 bits per heavy atom. The molecule has 0 amide bonds. The Kier molecular flexibility index (Phi) is 4.42. The van der Waals surface area contributed by atoms with Gasteiger partial charge in [-0.1, -0.05) is 26.1 Å². The van der Waals surface area contributed by atoms with Crippen molar-refractivity contribution < 1.29 is 0 Å². The molecular weight excluding hydrogens is 208 g/mol. The highest BCUT2D eigenvalue weighted by atomic mass is 32.1. The van der Waals surface area contributed by atoms with E-state index in [9.17, 15) is 0 Å². The Morgan fingerprint density at radius 3 is 2.73 bits per heavy atom. The van der Waals surface area contributed by atoms with Crippen molar-refractivity contribution in [3.05, 3.63) is 17.8 Å². The molecule has 0 aliphatic rings. The molecule has 1 rings (SSSR count). The lowest BCUT2D eigenvalue weighted by molar-refractivity contribution is 0.666. The number of nitrogens with one attached hydrogen (secondary N) is 1. The van der Waals surface area contributed by atoms with Gasteiger partial charge in [0.1, 0.15) is 4.99 Å². The fourth-order valence-corrected chi connectivity index (χ4v) is 1.49. The highest BCUT2D eigenvalue weighted by Crippen LogP contribution is 2.13. The lowest BCUT2D eigenvalue weighted by Crippen LogP contribution is -2.22. The SMILES string of the molecule is CCC(CC)Nc1nnccc1C(N)=S. The smallest absolute Gasteiger partial charge is 0.159 e. The maximum absolute atomic E-state index is 5.60.